The van der Waals surface area contributed by atoms with Gasteiger partial charge in [0.2, 0.25) is 5.91 Å². The molecule has 134 valence electrons. The van der Waals surface area contributed by atoms with Crippen LogP contribution in [-0.2, 0) is 10.2 Å². The average Bonchev–Trinajstić information content (AvgIpc) is 2.85. The number of nitrogens with one attached hydrogen (secondary N) is 1. The minimum atomic E-state index is -0.564. The van der Waals surface area contributed by atoms with Crippen LogP contribution in [0.4, 0.5) is 5.69 Å². The number of carbonyl (C=O) groups is 1. The highest BCUT2D eigenvalue weighted by atomic mass is 16.5. The van der Waals surface area contributed by atoms with Gasteiger partial charge in [-0.1, -0.05) is 50.3 Å². The van der Waals surface area contributed by atoms with E-state index in [9.17, 15) is 4.79 Å². The van der Waals surface area contributed by atoms with Gasteiger partial charge in [0, 0.05) is 24.1 Å². The lowest BCUT2D eigenvalue weighted by Gasteiger charge is -2.49. The van der Waals surface area contributed by atoms with E-state index in [4.69, 9.17) is 4.74 Å². The SMILES string of the molecule is COc1ccc(/C=C/C23NC(=O)CCN2c2ccccc2C3(C)C)cc1. The van der Waals surface area contributed by atoms with Crippen LogP contribution in [0.15, 0.2) is 54.6 Å². The van der Waals surface area contributed by atoms with Gasteiger partial charge in [0.15, 0.2) is 0 Å². The normalized spacial score (nSPS) is 23.5. The first-order valence-corrected chi connectivity index (χ1v) is 8.99. The van der Waals surface area contributed by atoms with Crippen molar-refractivity contribution < 1.29 is 9.53 Å². The minimum absolute atomic E-state index is 0.0986. The van der Waals surface area contributed by atoms with Crippen molar-refractivity contribution in [3.8, 4) is 5.75 Å². The molecule has 2 aromatic rings. The van der Waals surface area contributed by atoms with Gasteiger partial charge >= 0.3 is 0 Å². The molecule has 0 bridgehead atoms. The van der Waals surface area contributed by atoms with Crippen LogP contribution in [0.25, 0.3) is 6.08 Å². The van der Waals surface area contributed by atoms with E-state index in [-0.39, 0.29) is 11.3 Å². The molecule has 2 heterocycles. The molecule has 1 saturated heterocycles. The Morgan fingerprint density at radius 2 is 1.85 bits per heavy atom. The molecule has 4 heteroatoms. The van der Waals surface area contributed by atoms with Crippen molar-refractivity contribution in [3.63, 3.8) is 0 Å². The van der Waals surface area contributed by atoms with E-state index in [0.717, 1.165) is 17.9 Å². The molecular weight excluding hydrogens is 324 g/mol. The molecule has 2 aliphatic rings. The summed E-state index contributed by atoms with van der Waals surface area (Å²) < 4.78 is 5.23. The number of fused-ring (bicyclic) bond motifs is 3. The van der Waals surface area contributed by atoms with Crippen LogP contribution < -0.4 is 15.0 Å². The van der Waals surface area contributed by atoms with Crippen molar-refractivity contribution in [2.75, 3.05) is 18.6 Å². The Hall–Kier alpha value is -2.75. The molecule has 26 heavy (non-hydrogen) atoms. The predicted octanol–water partition coefficient (Wildman–Crippen LogP) is 3.72. The summed E-state index contributed by atoms with van der Waals surface area (Å²) in [6, 6.07) is 16.4. The Balaban J connectivity index is 1.79. The number of amides is 1. The summed E-state index contributed by atoms with van der Waals surface area (Å²) >= 11 is 0. The number of hydrogen-bond donors (Lipinski definition) is 1. The molecule has 1 fully saturated rings. The van der Waals surface area contributed by atoms with E-state index in [1.165, 1.54) is 11.3 Å². The number of rotatable bonds is 3. The molecule has 1 atom stereocenters. The maximum atomic E-state index is 12.4. The Bertz CT molecular complexity index is 870. The van der Waals surface area contributed by atoms with Gasteiger partial charge in [-0.05, 0) is 35.4 Å². The smallest absolute Gasteiger partial charge is 0.223 e. The van der Waals surface area contributed by atoms with Gasteiger partial charge in [-0.3, -0.25) is 4.79 Å². The highest BCUT2D eigenvalue weighted by Gasteiger charge is 2.57. The summed E-state index contributed by atoms with van der Waals surface area (Å²) in [7, 11) is 1.66. The molecule has 0 spiro atoms. The lowest BCUT2D eigenvalue weighted by molar-refractivity contribution is -0.124. The van der Waals surface area contributed by atoms with E-state index in [0.29, 0.717) is 6.42 Å². The van der Waals surface area contributed by atoms with E-state index in [1.54, 1.807) is 7.11 Å². The summed E-state index contributed by atoms with van der Waals surface area (Å²) in [6.45, 7) is 5.13. The summed E-state index contributed by atoms with van der Waals surface area (Å²) in [5.41, 5.74) is 2.74. The van der Waals surface area contributed by atoms with Gasteiger partial charge in [0.05, 0.1) is 7.11 Å². The number of para-hydroxylation sites is 1. The summed E-state index contributed by atoms with van der Waals surface area (Å²) in [5.74, 6) is 0.933. The van der Waals surface area contributed by atoms with Crippen LogP contribution in [0, 0.1) is 0 Å². The number of anilines is 1. The molecule has 0 aromatic heterocycles. The molecule has 2 aromatic carbocycles. The van der Waals surface area contributed by atoms with Crippen LogP contribution in [-0.4, -0.2) is 25.2 Å². The van der Waals surface area contributed by atoms with E-state index < -0.39 is 5.66 Å². The maximum absolute atomic E-state index is 12.4. The van der Waals surface area contributed by atoms with Crippen molar-refractivity contribution in [2.45, 2.75) is 31.3 Å². The first-order chi connectivity index (χ1) is 12.5. The van der Waals surface area contributed by atoms with Crippen LogP contribution in [0.1, 0.15) is 31.4 Å². The second kappa shape index (κ2) is 5.90. The van der Waals surface area contributed by atoms with Crippen molar-refractivity contribution >= 4 is 17.7 Å². The zero-order valence-corrected chi connectivity index (χ0v) is 15.5. The van der Waals surface area contributed by atoms with Gasteiger partial charge in [0.25, 0.3) is 0 Å². The summed E-state index contributed by atoms with van der Waals surface area (Å²) in [4.78, 5) is 14.7. The third-order valence-electron chi connectivity index (χ3n) is 5.77. The van der Waals surface area contributed by atoms with Crippen LogP contribution in [0.2, 0.25) is 0 Å². The molecule has 0 radical (unpaired) electrons. The lowest BCUT2D eigenvalue weighted by Crippen LogP contribution is -2.68. The molecule has 0 saturated carbocycles. The quantitative estimate of drug-likeness (QED) is 0.919. The van der Waals surface area contributed by atoms with Gasteiger partial charge in [-0.25, -0.2) is 0 Å². The van der Waals surface area contributed by atoms with Crippen LogP contribution >= 0.6 is 0 Å². The fourth-order valence-electron chi connectivity index (χ4n) is 4.25. The number of carbonyl (C=O) groups excluding carboxylic acids is 1. The molecule has 2 aliphatic heterocycles. The van der Waals surface area contributed by atoms with Gasteiger partial charge in [0.1, 0.15) is 11.4 Å². The Morgan fingerprint density at radius 3 is 2.58 bits per heavy atom. The topological polar surface area (TPSA) is 41.6 Å². The molecule has 4 rings (SSSR count). The molecule has 1 unspecified atom stereocenters. The number of nitrogens with zero attached hydrogens (tertiary/aromatic N) is 1. The number of methoxy groups -OCH3 is 1. The molecule has 1 amide bonds. The third kappa shape index (κ3) is 2.32. The molecule has 0 aliphatic carbocycles. The third-order valence-corrected chi connectivity index (χ3v) is 5.77. The largest absolute Gasteiger partial charge is 0.497 e. The van der Waals surface area contributed by atoms with E-state index in [1.807, 2.05) is 24.3 Å². The molecular formula is C22H24N2O2. The highest BCUT2D eigenvalue weighted by molar-refractivity contribution is 5.84. The zero-order valence-electron chi connectivity index (χ0n) is 15.5. The van der Waals surface area contributed by atoms with Gasteiger partial charge in [-0.2, -0.15) is 0 Å². The number of ether oxygens (including phenoxy) is 1. The standard InChI is InChI=1S/C22H24N2O2/c1-21(2)18-6-4-5-7-19(18)24-15-13-20(25)23-22(21,24)14-12-16-8-10-17(26-3)11-9-16/h4-12,14H,13,15H2,1-3H3,(H,23,25)/b14-12+. The molecule has 4 nitrogen and oxygen atoms in total. The number of benzene rings is 2. The fourth-order valence-corrected chi connectivity index (χ4v) is 4.25. The van der Waals surface area contributed by atoms with Crippen molar-refractivity contribution in [2.24, 2.45) is 0 Å². The van der Waals surface area contributed by atoms with Crippen molar-refractivity contribution in [1.82, 2.24) is 5.32 Å². The second-order valence-electron chi connectivity index (χ2n) is 7.46. The van der Waals surface area contributed by atoms with Crippen LogP contribution in [0.3, 0.4) is 0 Å². The minimum Gasteiger partial charge on any atom is -0.497 e. The first-order valence-electron chi connectivity index (χ1n) is 8.99. The zero-order chi connectivity index (χ0) is 18.4. The average molecular weight is 348 g/mol. The molecule has 1 N–H and O–H groups in total. The first kappa shape index (κ1) is 16.7. The van der Waals surface area contributed by atoms with Crippen molar-refractivity contribution in [1.29, 1.82) is 0 Å². The summed E-state index contributed by atoms with van der Waals surface area (Å²) in [5, 5.41) is 3.30. The van der Waals surface area contributed by atoms with Crippen LogP contribution in [0.5, 0.6) is 5.75 Å². The van der Waals surface area contributed by atoms with E-state index >= 15 is 0 Å². The Kier molecular flexibility index (Phi) is 3.79. The predicted molar refractivity (Wildman–Crippen MR) is 104 cm³/mol. The maximum Gasteiger partial charge on any atom is 0.223 e. The number of hydrogen-bond acceptors (Lipinski definition) is 3. The monoisotopic (exact) mass is 348 g/mol. The van der Waals surface area contributed by atoms with Gasteiger partial charge in [-0.15, -0.1) is 0 Å². The fraction of sp³-hybridized carbons (Fsp3) is 0.318. The second-order valence-corrected chi connectivity index (χ2v) is 7.46. The van der Waals surface area contributed by atoms with E-state index in [2.05, 4.69) is 60.5 Å². The Morgan fingerprint density at radius 1 is 1.12 bits per heavy atom. The Labute approximate surface area is 154 Å². The van der Waals surface area contributed by atoms with Crippen molar-refractivity contribution in [3.05, 3.63) is 65.7 Å². The lowest BCUT2D eigenvalue weighted by atomic mass is 9.74. The highest BCUT2D eigenvalue weighted by Crippen LogP contribution is 2.52. The summed E-state index contributed by atoms with van der Waals surface area (Å²) in [6.07, 6.45) is 4.75. The van der Waals surface area contributed by atoms with Gasteiger partial charge < -0.3 is 15.0 Å².